The Kier molecular flexibility index (Phi) is 6.08. The molecule has 0 saturated carbocycles. The van der Waals surface area contributed by atoms with Crippen molar-refractivity contribution < 1.29 is 4.79 Å². The molecule has 0 spiro atoms. The highest BCUT2D eigenvalue weighted by molar-refractivity contribution is 6.39. The fourth-order valence-corrected chi connectivity index (χ4v) is 8.83. The first-order valence-electron chi connectivity index (χ1n) is 16.5. The van der Waals surface area contributed by atoms with E-state index in [0.29, 0.717) is 47.0 Å². The number of rotatable bonds is 3. The van der Waals surface area contributed by atoms with Crippen molar-refractivity contribution in [1.29, 1.82) is 5.41 Å². The predicted octanol–water partition coefficient (Wildman–Crippen LogP) is 7.32. The van der Waals surface area contributed by atoms with Gasteiger partial charge in [-0.3, -0.25) is 10.2 Å². The molecule has 0 fully saturated rings. The summed E-state index contributed by atoms with van der Waals surface area (Å²) in [5.41, 5.74) is 20.9. The number of ketones is 1. The Bertz CT molecular complexity index is 2700. The van der Waals surface area contributed by atoms with Gasteiger partial charge >= 0.3 is 0 Å². The van der Waals surface area contributed by atoms with E-state index < -0.39 is 5.92 Å². The second kappa shape index (κ2) is 10.3. The second-order valence-electron chi connectivity index (χ2n) is 13.7. The molecule has 0 saturated heterocycles. The summed E-state index contributed by atoms with van der Waals surface area (Å²) in [6, 6.07) is 24.6. The van der Waals surface area contributed by atoms with Crippen molar-refractivity contribution in [3.05, 3.63) is 107 Å². The molecule has 9 heteroatoms. The van der Waals surface area contributed by atoms with Crippen LogP contribution in [-0.2, 0) is 4.79 Å². The fraction of sp³-hybridized carbons (Fsp3) is 0.171. The maximum Gasteiger partial charge on any atom is 0.251 e. The number of nitrogens with zero attached hydrogens (tertiary/aromatic N) is 5. The minimum absolute atomic E-state index is 0.0254. The number of hydrogen-bond donors (Lipinski definition) is 3. The van der Waals surface area contributed by atoms with Crippen LogP contribution < -0.4 is 31.1 Å². The molecule has 6 aromatic rings. The molecule has 1 atom stereocenters. The molecule has 0 radical (unpaired) electrons. The number of hydrogen-bond acceptors (Lipinski definition) is 8. The lowest BCUT2D eigenvalue weighted by Gasteiger charge is -2.40. The molecule has 0 amide bonds. The van der Waals surface area contributed by atoms with Crippen molar-refractivity contribution in [3.63, 3.8) is 0 Å². The summed E-state index contributed by atoms with van der Waals surface area (Å²) in [5, 5.41) is 16.2. The maximum absolute atomic E-state index is 15.0. The summed E-state index contributed by atoms with van der Waals surface area (Å²) >= 11 is 0. The van der Waals surface area contributed by atoms with Gasteiger partial charge in [0.1, 0.15) is 0 Å². The quantitative estimate of drug-likeness (QED) is 0.0794. The zero-order valence-electron chi connectivity index (χ0n) is 28.2. The number of Topliss-reactive ketones (excluding diaryl/α,β-unsaturated/α-hetero) is 1. The first-order chi connectivity index (χ1) is 24.1. The van der Waals surface area contributed by atoms with Gasteiger partial charge in [0.25, 0.3) is 5.70 Å². The molecule has 1 aliphatic carbocycles. The van der Waals surface area contributed by atoms with Crippen LogP contribution in [0.15, 0.2) is 84.1 Å². The molecule has 6 aromatic carbocycles. The highest BCUT2D eigenvalue weighted by atomic mass is 16.1. The van der Waals surface area contributed by atoms with Crippen LogP contribution in [0.3, 0.4) is 0 Å². The average Bonchev–Trinajstić information content (AvgIpc) is 3.10. The van der Waals surface area contributed by atoms with Gasteiger partial charge in [-0.1, -0.05) is 48.5 Å². The monoisotopic (exact) mass is 654 g/mol. The van der Waals surface area contributed by atoms with Gasteiger partial charge in [-0.15, -0.1) is 0 Å². The normalized spacial score (nSPS) is 16.8. The number of benzene rings is 6. The Hall–Kier alpha value is -6.49. The number of fused-ring (bicyclic) bond motifs is 4. The van der Waals surface area contributed by atoms with E-state index in [1.165, 1.54) is 0 Å². The Balaban J connectivity index is 1.40. The smallest absolute Gasteiger partial charge is 0.251 e. The van der Waals surface area contributed by atoms with Crippen LogP contribution in [0, 0.1) is 12.0 Å². The predicted molar refractivity (Wildman–Crippen MR) is 208 cm³/mol. The summed E-state index contributed by atoms with van der Waals surface area (Å²) in [6.45, 7) is 9.49. The summed E-state index contributed by atoms with van der Waals surface area (Å²) < 4.78 is 0. The fourth-order valence-electron chi connectivity index (χ4n) is 8.83. The summed E-state index contributed by atoms with van der Waals surface area (Å²) in [4.78, 5) is 27.5. The zero-order chi connectivity index (χ0) is 34.7. The number of allylic oxidation sites excluding steroid dienone is 2. The van der Waals surface area contributed by atoms with Gasteiger partial charge in [-0.2, -0.15) is 0 Å². The van der Waals surface area contributed by atoms with Crippen LogP contribution in [-0.4, -0.2) is 53.2 Å². The van der Waals surface area contributed by atoms with Gasteiger partial charge in [-0.25, -0.2) is 4.85 Å². The van der Waals surface area contributed by atoms with Crippen LogP contribution in [0.4, 0.5) is 34.1 Å². The SMILES string of the molecule is [C-]#[N+]C(=C=N)C1=C(c2c(N)cc3c4c(c5ccccc5cc24)N(C)CN3C)C(=O)C1c1c(N)cc2c3c(c4ccccc4cc13)N(C)CN2C. The molecule has 5 N–H and O–H groups in total. The summed E-state index contributed by atoms with van der Waals surface area (Å²) in [6.07, 6.45) is 0. The molecule has 1 unspecified atom stereocenters. The summed E-state index contributed by atoms with van der Waals surface area (Å²) in [7, 11) is 8.21. The van der Waals surface area contributed by atoms with Crippen LogP contribution >= 0.6 is 0 Å². The molecule has 0 bridgehead atoms. The number of nitrogens with two attached hydrogens (primary N) is 2. The zero-order valence-corrected chi connectivity index (χ0v) is 28.2. The highest BCUT2D eigenvalue weighted by Crippen LogP contribution is 2.57. The van der Waals surface area contributed by atoms with Crippen LogP contribution in [0.5, 0.6) is 0 Å². The van der Waals surface area contributed by atoms with Gasteiger partial charge in [-0.05, 0) is 62.8 Å². The van der Waals surface area contributed by atoms with Gasteiger partial charge in [0.2, 0.25) is 0 Å². The first-order valence-corrected chi connectivity index (χ1v) is 16.5. The standard InChI is InChI=1S/C41H34N8O/c1-45-29(18-42)36-37(32-25-14-21-10-6-8-12-23(21)39-34(25)30(16-27(32)43)46(2)19-48(39)4)41(50)38(36)33-26-15-22-11-7-9-13-24(22)40-35(26)31(17-28(33)44)47(3)20-49(40)5/h6-17,37,42H,19-20,43-44H2,2-5H3. The molecular weight excluding hydrogens is 621 g/mol. The van der Waals surface area contributed by atoms with Crippen LogP contribution in [0.1, 0.15) is 17.0 Å². The van der Waals surface area contributed by atoms with Gasteiger partial charge < -0.3 is 31.1 Å². The molecule has 2 aliphatic heterocycles. The minimum Gasteiger partial charge on any atom is -0.398 e. The molecular formula is C41H34N8O. The van der Waals surface area contributed by atoms with E-state index in [0.717, 1.165) is 65.8 Å². The van der Waals surface area contributed by atoms with E-state index >= 15 is 0 Å². The Labute approximate surface area is 289 Å². The number of nitrogens with one attached hydrogen (secondary N) is 1. The Morgan fingerprint density at radius 3 is 1.84 bits per heavy atom. The molecule has 0 aromatic heterocycles. The molecule has 9 nitrogen and oxygen atoms in total. The second-order valence-corrected chi connectivity index (χ2v) is 13.7. The van der Waals surface area contributed by atoms with Crippen molar-refractivity contribution in [2.45, 2.75) is 5.92 Å². The molecule has 244 valence electrons. The molecule has 9 rings (SSSR count). The molecule has 2 heterocycles. The van der Waals surface area contributed by atoms with Crippen molar-refractivity contribution >= 4 is 94.4 Å². The van der Waals surface area contributed by atoms with E-state index in [4.69, 9.17) is 23.4 Å². The van der Waals surface area contributed by atoms with Crippen molar-refractivity contribution in [1.82, 2.24) is 0 Å². The maximum atomic E-state index is 15.0. The average molecular weight is 655 g/mol. The van der Waals surface area contributed by atoms with E-state index in [1.807, 2.05) is 50.5 Å². The number of anilines is 6. The Morgan fingerprint density at radius 1 is 0.760 bits per heavy atom. The lowest BCUT2D eigenvalue weighted by Crippen LogP contribution is -2.37. The molecule has 3 aliphatic rings. The Morgan fingerprint density at radius 2 is 1.28 bits per heavy atom. The number of nitrogen functional groups attached to an aromatic ring is 2. The lowest BCUT2D eigenvalue weighted by molar-refractivity contribution is -0.115. The number of carbonyl (C=O) groups is 1. The van der Waals surface area contributed by atoms with Gasteiger partial charge in [0.05, 0.1) is 37.2 Å². The van der Waals surface area contributed by atoms with E-state index in [1.54, 1.807) is 0 Å². The van der Waals surface area contributed by atoms with E-state index in [9.17, 15) is 4.79 Å². The van der Waals surface area contributed by atoms with Crippen molar-refractivity contribution in [2.24, 2.45) is 0 Å². The third kappa shape index (κ3) is 3.71. The van der Waals surface area contributed by atoms with Crippen molar-refractivity contribution in [2.75, 3.05) is 72.6 Å². The first kappa shape index (κ1) is 29.6. The van der Waals surface area contributed by atoms with E-state index in [2.05, 4.69) is 80.8 Å². The largest absolute Gasteiger partial charge is 0.398 e. The van der Waals surface area contributed by atoms with Crippen LogP contribution in [0.25, 0.3) is 53.5 Å². The third-order valence-corrected chi connectivity index (χ3v) is 10.8. The number of carbonyl (C=O) groups excluding carboxylic acids is 1. The topological polar surface area (TPSA) is 110 Å². The van der Waals surface area contributed by atoms with Gasteiger partial charge in [0.15, 0.2) is 5.78 Å². The lowest BCUT2D eigenvalue weighted by atomic mass is 9.66. The third-order valence-electron chi connectivity index (χ3n) is 10.8. The van der Waals surface area contributed by atoms with Crippen molar-refractivity contribution in [3.8, 4) is 0 Å². The minimum atomic E-state index is -0.875. The van der Waals surface area contributed by atoms with E-state index in [-0.39, 0.29) is 11.5 Å². The van der Waals surface area contributed by atoms with Gasteiger partial charge in [0, 0.05) is 83.6 Å². The molecule has 50 heavy (non-hydrogen) atoms. The highest BCUT2D eigenvalue weighted by Gasteiger charge is 2.46. The summed E-state index contributed by atoms with van der Waals surface area (Å²) in [5.74, 6) is 1.32. The van der Waals surface area contributed by atoms with Crippen LogP contribution in [0.2, 0.25) is 0 Å².